The van der Waals surface area contributed by atoms with Crippen LogP contribution in [0.4, 0.5) is 5.69 Å². The van der Waals surface area contributed by atoms with Crippen molar-refractivity contribution in [3.8, 4) is 11.5 Å². The summed E-state index contributed by atoms with van der Waals surface area (Å²) in [6.45, 7) is -0.171. The highest BCUT2D eigenvalue weighted by atomic mass is 16.5. The van der Waals surface area contributed by atoms with E-state index in [0.29, 0.717) is 28.2 Å². The molecule has 0 atom stereocenters. The van der Waals surface area contributed by atoms with Gasteiger partial charge in [-0.2, -0.15) is 0 Å². The molecule has 28 heavy (non-hydrogen) atoms. The van der Waals surface area contributed by atoms with Gasteiger partial charge in [-0.15, -0.1) is 0 Å². The summed E-state index contributed by atoms with van der Waals surface area (Å²) in [5.74, 6) is 0.848. The lowest BCUT2D eigenvalue weighted by Gasteiger charge is -2.09. The smallest absolute Gasteiger partial charge is 0.344 e. The molecule has 0 bridgehead atoms. The fourth-order valence-electron chi connectivity index (χ4n) is 2.97. The van der Waals surface area contributed by atoms with E-state index in [4.69, 9.17) is 13.9 Å². The first-order valence-corrected chi connectivity index (χ1v) is 8.66. The van der Waals surface area contributed by atoms with Gasteiger partial charge in [0.25, 0.3) is 5.91 Å². The van der Waals surface area contributed by atoms with Gasteiger partial charge in [-0.05, 0) is 47.9 Å². The quantitative estimate of drug-likeness (QED) is 0.422. The Hall–Kier alpha value is -3.80. The number of methoxy groups -OCH3 is 1. The van der Waals surface area contributed by atoms with Gasteiger partial charge in [-0.25, -0.2) is 4.79 Å². The van der Waals surface area contributed by atoms with Crippen LogP contribution in [0.1, 0.15) is 0 Å². The van der Waals surface area contributed by atoms with Crippen LogP contribution in [0.2, 0.25) is 0 Å². The van der Waals surface area contributed by atoms with Crippen molar-refractivity contribution in [1.29, 1.82) is 0 Å². The van der Waals surface area contributed by atoms with E-state index in [9.17, 15) is 9.59 Å². The standard InChI is InChI=1S/C22H17NO5/c1-26-15-8-6-14(7-9-15)23-21(24)13-27-16-10-11-18-17-4-2-3-5-19(17)22(25)28-20(18)12-16/h2-12H,13H2,1H3,(H,23,24). The van der Waals surface area contributed by atoms with Gasteiger partial charge in [-0.1, -0.05) is 18.2 Å². The Morgan fingerprint density at radius 1 is 0.929 bits per heavy atom. The SMILES string of the molecule is COc1ccc(NC(=O)COc2ccc3c(c2)oc(=O)c2ccccc23)cc1. The van der Waals surface area contributed by atoms with Crippen molar-refractivity contribution in [2.24, 2.45) is 0 Å². The predicted octanol–water partition coefficient (Wildman–Crippen LogP) is 3.97. The molecular formula is C22H17NO5. The van der Waals surface area contributed by atoms with Gasteiger partial charge in [0.15, 0.2) is 6.61 Å². The maximum atomic E-state index is 12.1. The molecule has 3 aromatic carbocycles. The Labute approximate surface area is 160 Å². The zero-order chi connectivity index (χ0) is 19.5. The van der Waals surface area contributed by atoms with Crippen LogP contribution in [0.3, 0.4) is 0 Å². The summed E-state index contributed by atoms with van der Waals surface area (Å²) >= 11 is 0. The van der Waals surface area contributed by atoms with E-state index in [0.717, 1.165) is 10.8 Å². The maximum absolute atomic E-state index is 12.1. The Kier molecular flexibility index (Phi) is 4.68. The van der Waals surface area contributed by atoms with Crippen LogP contribution >= 0.6 is 0 Å². The fraction of sp³-hybridized carbons (Fsp3) is 0.0909. The minimum Gasteiger partial charge on any atom is -0.497 e. The summed E-state index contributed by atoms with van der Waals surface area (Å²) in [5, 5.41) is 4.90. The molecule has 6 heteroatoms. The van der Waals surface area contributed by atoms with E-state index in [1.54, 1.807) is 55.6 Å². The Morgan fingerprint density at radius 2 is 1.64 bits per heavy atom. The van der Waals surface area contributed by atoms with Gasteiger partial charge in [0.1, 0.15) is 17.1 Å². The van der Waals surface area contributed by atoms with Crippen LogP contribution in [0.15, 0.2) is 75.9 Å². The van der Waals surface area contributed by atoms with Gasteiger partial charge in [-0.3, -0.25) is 4.79 Å². The molecule has 0 fully saturated rings. The van der Waals surface area contributed by atoms with Crippen molar-refractivity contribution in [2.45, 2.75) is 0 Å². The third-order valence-corrected chi connectivity index (χ3v) is 4.34. The lowest BCUT2D eigenvalue weighted by molar-refractivity contribution is -0.118. The highest BCUT2D eigenvalue weighted by Gasteiger charge is 2.09. The molecule has 140 valence electrons. The zero-order valence-electron chi connectivity index (χ0n) is 15.1. The maximum Gasteiger partial charge on any atom is 0.344 e. The lowest BCUT2D eigenvalue weighted by Crippen LogP contribution is -2.20. The number of hydrogen-bond donors (Lipinski definition) is 1. The van der Waals surface area contributed by atoms with Crippen LogP contribution in [0.5, 0.6) is 11.5 Å². The van der Waals surface area contributed by atoms with Crippen LogP contribution in [-0.2, 0) is 4.79 Å². The summed E-state index contributed by atoms with van der Waals surface area (Å²) in [6, 6.07) is 19.4. The number of benzene rings is 3. The average molecular weight is 375 g/mol. The summed E-state index contributed by atoms with van der Waals surface area (Å²) in [5.41, 5.74) is 0.652. The Balaban J connectivity index is 1.49. The molecule has 1 heterocycles. The van der Waals surface area contributed by atoms with E-state index >= 15 is 0 Å². The van der Waals surface area contributed by atoms with E-state index < -0.39 is 5.63 Å². The molecule has 6 nitrogen and oxygen atoms in total. The molecule has 0 radical (unpaired) electrons. The summed E-state index contributed by atoms with van der Waals surface area (Å²) in [4.78, 5) is 24.2. The van der Waals surface area contributed by atoms with Crippen molar-refractivity contribution >= 4 is 33.3 Å². The topological polar surface area (TPSA) is 77.8 Å². The molecule has 1 amide bonds. The summed E-state index contributed by atoms with van der Waals surface area (Å²) in [6.07, 6.45) is 0. The van der Waals surface area contributed by atoms with Gasteiger partial charge >= 0.3 is 5.63 Å². The van der Waals surface area contributed by atoms with Gasteiger partial charge < -0.3 is 19.2 Å². The van der Waals surface area contributed by atoms with Crippen molar-refractivity contribution in [3.63, 3.8) is 0 Å². The van der Waals surface area contributed by atoms with Crippen LogP contribution in [0.25, 0.3) is 21.7 Å². The second-order valence-corrected chi connectivity index (χ2v) is 6.16. The third kappa shape index (κ3) is 3.53. The minimum atomic E-state index is -0.405. The molecule has 0 unspecified atom stereocenters. The minimum absolute atomic E-state index is 0.171. The zero-order valence-corrected chi connectivity index (χ0v) is 15.1. The molecule has 4 rings (SSSR count). The number of hydrogen-bond acceptors (Lipinski definition) is 5. The molecule has 0 aliphatic heterocycles. The monoisotopic (exact) mass is 375 g/mol. The molecule has 0 saturated carbocycles. The summed E-state index contributed by atoms with van der Waals surface area (Å²) in [7, 11) is 1.58. The number of ether oxygens (including phenoxy) is 2. The number of nitrogens with one attached hydrogen (secondary N) is 1. The van der Waals surface area contributed by atoms with E-state index in [1.807, 2.05) is 18.2 Å². The molecule has 1 aromatic heterocycles. The number of fused-ring (bicyclic) bond motifs is 3. The number of amides is 1. The second-order valence-electron chi connectivity index (χ2n) is 6.16. The van der Waals surface area contributed by atoms with E-state index in [1.165, 1.54) is 0 Å². The first-order chi connectivity index (χ1) is 13.6. The Morgan fingerprint density at radius 3 is 2.39 bits per heavy atom. The lowest BCUT2D eigenvalue weighted by atomic mass is 10.1. The molecule has 4 aromatic rings. The van der Waals surface area contributed by atoms with Crippen molar-refractivity contribution in [2.75, 3.05) is 19.0 Å². The third-order valence-electron chi connectivity index (χ3n) is 4.34. The first kappa shape index (κ1) is 17.6. The Bertz CT molecular complexity index is 1210. The number of anilines is 1. The average Bonchev–Trinajstić information content (AvgIpc) is 2.73. The van der Waals surface area contributed by atoms with E-state index in [2.05, 4.69) is 5.32 Å². The van der Waals surface area contributed by atoms with Gasteiger partial charge in [0, 0.05) is 17.1 Å². The molecule has 0 aliphatic rings. The molecule has 0 aliphatic carbocycles. The van der Waals surface area contributed by atoms with Gasteiger partial charge in [0.2, 0.25) is 0 Å². The number of carbonyl (C=O) groups is 1. The number of carbonyl (C=O) groups excluding carboxylic acids is 1. The second kappa shape index (κ2) is 7.44. The normalized spacial score (nSPS) is 10.8. The van der Waals surface area contributed by atoms with Crippen molar-refractivity contribution in [3.05, 3.63) is 77.2 Å². The van der Waals surface area contributed by atoms with Gasteiger partial charge in [0.05, 0.1) is 12.5 Å². The fourth-order valence-corrected chi connectivity index (χ4v) is 2.97. The molecule has 0 saturated heterocycles. The van der Waals surface area contributed by atoms with Crippen LogP contribution in [0, 0.1) is 0 Å². The highest BCUT2D eigenvalue weighted by Crippen LogP contribution is 2.26. The molecule has 0 spiro atoms. The van der Waals surface area contributed by atoms with E-state index in [-0.39, 0.29) is 12.5 Å². The number of rotatable bonds is 5. The van der Waals surface area contributed by atoms with Crippen LogP contribution < -0.4 is 20.4 Å². The first-order valence-electron chi connectivity index (χ1n) is 8.66. The predicted molar refractivity (Wildman–Crippen MR) is 107 cm³/mol. The van der Waals surface area contributed by atoms with Crippen molar-refractivity contribution in [1.82, 2.24) is 0 Å². The van der Waals surface area contributed by atoms with Crippen molar-refractivity contribution < 1.29 is 18.7 Å². The largest absolute Gasteiger partial charge is 0.497 e. The summed E-state index contributed by atoms with van der Waals surface area (Å²) < 4.78 is 16.0. The molecule has 1 N–H and O–H groups in total. The molecular weight excluding hydrogens is 358 g/mol. The van der Waals surface area contributed by atoms with Crippen LogP contribution in [-0.4, -0.2) is 19.6 Å². The highest BCUT2D eigenvalue weighted by molar-refractivity contribution is 6.04.